The van der Waals surface area contributed by atoms with E-state index in [4.69, 9.17) is 9.52 Å². The second-order valence-electron chi connectivity index (χ2n) is 4.97. The van der Waals surface area contributed by atoms with Crippen LogP contribution in [0.5, 0.6) is 0 Å². The van der Waals surface area contributed by atoms with E-state index in [1.807, 2.05) is 25.2 Å². The van der Waals surface area contributed by atoms with E-state index in [0.29, 0.717) is 12.3 Å². The van der Waals surface area contributed by atoms with Gasteiger partial charge in [0.2, 0.25) is 5.76 Å². The summed E-state index contributed by atoms with van der Waals surface area (Å²) in [7, 11) is 2.02. The lowest BCUT2D eigenvalue weighted by molar-refractivity contribution is 0.0661. The zero-order chi connectivity index (χ0) is 14.5. The first-order valence-electron chi connectivity index (χ1n) is 6.61. The molecule has 1 aromatic heterocycles. The molecule has 1 N–H and O–H groups in total. The molecule has 4 nitrogen and oxygen atoms in total. The van der Waals surface area contributed by atoms with Crippen molar-refractivity contribution in [2.45, 2.75) is 19.9 Å². The van der Waals surface area contributed by atoms with Gasteiger partial charge in [0.25, 0.3) is 0 Å². The normalized spacial score (nSPS) is 10.9. The standard InChI is InChI=1S/C16H19NO3/c1-12-14(10-15(20-12)16(18)19)11-17(2)9-8-13-6-4-3-5-7-13/h3-7,10H,8-9,11H2,1-2H3,(H,18,19). The number of carbonyl (C=O) groups is 1. The Labute approximate surface area is 118 Å². The molecule has 0 aliphatic carbocycles. The van der Waals surface area contributed by atoms with Gasteiger partial charge in [-0.05, 0) is 32.0 Å². The quantitative estimate of drug-likeness (QED) is 0.879. The minimum absolute atomic E-state index is 0.00830. The van der Waals surface area contributed by atoms with Gasteiger partial charge in [0.1, 0.15) is 5.76 Å². The van der Waals surface area contributed by atoms with E-state index in [2.05, 4.69) is 17.0 Å². The molecule has 0 bridgehead atoms. The highest BCUT2D eigenvalue weighted by Gasteiger charge is 2.14. The highest BCUT2D eigenvalue weighted by Crippen LogP contribution is 2.16. The number of hydrogen-bond acceptors (Lipinski definition) is 3. The molecule has 0 amide bonds. The molecule has 106 valence electrons. The molecule has 1 aromatic carbocycles. The third-order valence-electron chi connectivity index (χ3n) is 3.30. The number of carboxylic acid groups (broad SMARTS) is 1. The van der Waals surface area contributed by atoms with Crippen LogP contribution in [0.15, 0.2) is 40.8 Å². The molecule has 0 aliphatic rings. The first-order chi connectivity index (χ1) is 9.56. The van der Waals surface area contributed by atoms with Crippen molar-refractivity contribution in [2.24, 2.45) is 0 Å². The molecule has 0 aliphatic heterocycles. The Kier molecular flexibility index (Phi) is 4.58. The van der Waals surface area contributed by atoms with Crippen LogP contribution in [0.4, 0.5) is 0 Å². The first-order valence-corrected chi connectivity index (χ1v) is 6.61. The van der Waals surface area contributed by atoms with Gasteiger partial charge < -0.3 is 14.4 Å². The molecule has 1 heterocycles. The van der Waals surface area contributed by atoms with Crippen molar-refractivity contribution in [3.05, 3.63) is 59.0 Å². The Bertz CT molecular complexity index is 575. The van der Waals surface area contributed by atoms with Crippen LogP contribution in [-0.2, 0) is 13.0 Å². The molecule has 4 heteroatoms. The number of rotatable bonds is 6. The highest BCUT2D eigenvalue weighted by molar-refractivity contribution is 5.84. The summed E-state index contributed by atoms with van der Waals surface area (Å²) in [5, 5.41) is 8.90. The third-order valence-corrected chi connectivity index (χ3v) is 3.30. The number of carboxylic acids is 1. The third kappa shape index (κ3) is 3.71. The van der Waals surface area contributed by atoms with E-state index < -0.39 is 5.97 Å². The van der Waals surface area contributed by atoms with Crippen molar-refractivity contribution in [1.82, 2.24) is 4.90 Å². The second-order valence-corrected chi connectivity index (χ2v) is 4.97. The summed E-state index contributed by atoms with van der Waals surface area (Å²) in [5.41, 5.74) is 2.23. The van der Waals surface area contributed by atoms with Gasteiger partial charge in [0.15, 0.2) is 0 Å². The van der Waals surface area contributed by atoms with Crippen molar-refractivity contribution >= 4 is 5.97 Å². The summed E-state index contributed by atoms with van der Waals surface area (Å²) >= 11 is 0. The van der Waals surface area contributed by atoms with Crippen LogP contribution in [0.25, 0.3) is 0 Å². The summed E-state index contributed by atoms with van der Waals surface area (Å²) < 4.78 is 5.21. The average Bonchev–Trinajstić information content (AvgIpc) is 2.79. The number of aromatic carboxylic acids is 1. The van der Waals surface area contributed by atoms with Crippen LogP contribution >= 0.6 is 0 Å². The first kappa shape index (κ1) is 14.3. The van der Waals surface area contributed by atoms with Gasteiger partial charge in [-0.2, -0.15) is 0 Å². The largest absolute Gasteiger partial charge is 0.475 e. The summed E-state index contributed by atoms with van der Waals surface area (Å²) in [5.74, 6) is -0.339. The van der Waals surface area contributed by atoms with Crippen molar-refractivity contribution in [3.63, 3.8) is 0 Å². The van der Waals surface area contributed by atoms with Crippen LogP contribution in [0.2, 0.25) is 0 Å². The number of nitrogens with zero attached hydrogens (tertiary/aromatic N) is 1. The maximum atomic E-state index is 10.9. The molecule has 0 fully saturated rings. The molecule has 0 saturated heterocycles. The van der Waals surface area contributed by atoms with Crippen molar-refractivity contribution < 1.29 is 14.3 Å². The van der Waals surface area contributed by atoms with Gasteiger partial charge >= 0.3 is 5.97 Å². The summed E-state index contributed by atoms with van der Waals surface area (Å²) in [6.07, 6.45) is 0.972. The maximum absolute atomic E-state index is 10.9. The van der Waals surface area contributed by atoms with Gasteiger partial charge in [0, 0.05) is 18.7 Å². The molecule has 2 aromatic rings. The lowest BCUT2D eigenvalue weighted by atomic mass is 10.1. The van der Waals surface area contributed by atoms with Crippen molar-refractivity contribution in [3.8, 4) is 0 Å². The predicted octanol–water partition coefficient (Wildman–Crippen LogP) is 2.96. The Morgan fingerprint density at radius 1 is 1.30 bits per heavy atom. The van der Waals surface area contributed by atoms with E-state index in [9.17, 15) is 4.79 Å². The van der Waals surface area contributed by atoms with E-state index in [-0.39, 0.29) is 5.76 Å². The van der Waals surface area contributed by atoms with E-state index >= 15 is 0 Å². The number of hydrogen-bond donors (Lipinski definition) is 1. The summed E-state index contributed by atoms with van der Waals surface area (Å²) in [6.45, 7) is 3.40. The van der Waals surface area contributed by atoms with Gasteiger partial charge in [-0.1, -0.05) is 30.3 Å². The lowest BCUT2D eigenvalue weighted by Crippen LogP contribution is -2.20. The summed E-state index contributed by atoms with van der Waals surface area (Å²) in [4.78, 5) is 13.0. The number of aryl methyl sites for hydroxylation is 1. The lowest BCUT2D eigenvalue weighted by Gasteiger charge is -2.15. The van der Waals surface area contributed by atoms with E-state index in [1.54, 1.807) is 13.0 Å². The fourth-order valence-corrected chi connectivity index (χ4v) is 2.12. The number of benzene rings is 1. The Balaban J connectivity index is 1.91. The van der Waals surface area contributed by atoms with E-state index in [1.165, 1.54) is 5.56 Å². The molecular weight excluding hydrogens is 254 g/mol. The smallest absolute Gasteiger partial charge is 0.371 e. The van der Waals surface area contributed by atoms with Gasteiger partial charge in [-0.3, -0.25) is 0 Å². The molecule has 0 spiro atoms. The Morgan fingerprint density at radius 2 is 2.00 bits per heavy atom. The van der Waals surface area contributed by atoms with Crippen molar-refractivity contribution in [1.29, 1.82) is 0 Å². The SMILES string of the molecule is Cc1oc(C(=O)O)cc1CN(C)CCc1ccccc1. The predicted molar refractivity (Wildman–Crippen MR) is 76.9 cm³/mol. The minimum Gasteiger partial charge on any atom is -0.475 e. The fraction of sp³-hybridized carbons (Fsp3) is 0.312. The Hall–Kier alpha value is -2.07. The fourth-order valence-electron chi connectivity index (χ4n) is 2.12. The molecular formula is C16H19NO3. The molecule has 0 radical (unpaired) electrons. The van der Waals surface area contributed by atoms with Gasteiger partial charge in [-0.15, -0.1) is 0 Å². The molecule has 0 atom stereocenters. The van der Waals surface area contributed by atoms with Crippen LogP contribution < -0.4 is 0 Å². The molecule has 20 heavy (non-hydrogen) atoms. The van der Waals surface area contributed by atoms with Crippen LogP contribution in [0, 0.1) is 6.92 Å². The Morgan fingerprint density at radius 3 is 2.60 bits per heavy atom. The average molecular weight is 273 g/mol. The zero-order valence-electron chi connectivity index (χ0n) is 11.8. The molecule has 0 saturated carbocycles. The maximum Gasteiger partial charge on any atom is 0.371 e. The highest BCUT2D eigenvalue weighted by atomic mass is 16.4. The topological polar surface area (TPSA) is 53.7 Å². The van der Waals surface area contributed by atoms with Gasteiger partial charge in [-0.25, -0.2) is 4.79 Å². The second kappa shape index (κ2) is 6.39. The minimum atomic E-state index is -1.02. The number of likely N-dealkylation sites (N-methyl/N-ethyl adjacent to an activating group) is 1. The van der Waals surface area contributed by atoms with Gasteiger partial charge in [0.05, 0.1) is 0 Å². The van der Waals surface area contributed by atoms with Crippen LogP contribution in [0.1, 0.15) is 27.4 Å². The van der Waals surface area contributed by atoms with Crippen molar-refractivity contribution in [2.75, 3.05) is 13.6 Å². The van der Waals surface area contributed by atoms with E-state index in [0.717, 1.165) is 18.5 Å². The molecule has 0 unspecified atom stereocenters. The monoisotopic (exact) mass is 273 g/mol. The zero-order valence-corrected chi connectivity index (χ0v) is 11.8. The molecule has 2 rings (SSSR count). The van der Waals surface area contributed by atoms with Crippen LogP contribution in [0.3, 0.4) is 0 Å². The van der Waals surface area contributed by atoms with Crippen LogP contribution in [-0.4, -0.2) is 29.6 Å². The summed E-state index contributed by atoms with van der Waals surface area (Å²) in [6, 6.07) is 11.9. The number of furan rings is 1.